The number of pyridine rings is 1. The summed E-state index contributed by atoms with van der Waals surface area (Å²) in [4.78, 5) is 29.8. The predicted octanol–water partition coefficient (Wildman–Crippen LogP) is 1.69. The molecule has 0 saturated carbocycles. The quantitative estimate of drug-likeness (QED) is 0.822. The third kappa shape index (κ3) is 2.17. The zero-order valence-electron chi connectivity index (χ0n) is 11.4. The molecule has 0 aliphatic carbocycles. The summed E-state index contributed by atoms with van der Waals surface area (Å²) >= 11 is 1.30. The molecule has 3 N–H and O–H groups in total. The van der Waals surface area contributed by atoms with E-state index < -0.39 is 5.97 Å². The lowest BCUT2D eigenvalue weighted by atomic mass is 9.85. The van der Waals surface area contributed by atoms with E-state index in [9.17, 15) is 14.7 Å². The van der Waals surface area contributed by atoms with Crippen molar-refractivity contribution in [1.82, 2.24) is 9.88 Å². The van der Waals surface area contributed by atoms with Crippen LogP contribution in [0.3, 0.4) is 0 Å². The van der Waals surface area contributed by atoms with Gasteiger partial charge >= 0.3 is 5.97 Å². The first kappa shape index (κ1) is 13.9. The number of carboxylic acid groups (broad SMARTS) is 1. The van der Waals surface area contributed by atoms with Crippen LogP contribution in [-0.4, -0.2) is 32.9 Å². The molecule has 6 nitrogen and oxygen atoms in total. The standard InChI is InChI=1S/C14H15N3O3S/c1-2-8-9-5-10(12(14(19)20)17(9)13(8)18)21-11-4-3-7(15)6-16-11/h3-4,6,8-9H,2,5,15H2,1H3,(H,19,20)/t8-,9-/m1/s1. The van der Waals surface area contributed by atoms with Crippen LogP contribution < -0.4 is 5.73 Å². The molecular weight excluding hydrogens is 290 g/mol. The van der Waals surface area contributed by atoms with Gasteiger partial charge in [-0.05, 0) is 18.6 Å². The molecule has 0 aromatic carbocycles. The molecular formula is C14H15N3O3S. The number of β-lactam (4-membered cyclic amide) rings is 1. The zero-order chi connectivity index (χ0) is 15.1. The van der Waals surface area contributed by atoms with Crippen molar-refractivity contribution in [2.75, 3.05) is 5.73 Å². The van der Waals surface area contributed by atoms with Crippen LogP contribution in [0.4, 0.5) is 5.69 Å². The van der Waals surface area contributed by atoms with Crippen LogP contribution in [0.15, 0.2) is 34.0 Å². The first-order valence-corrected chi connectivity index (χ1v) is 7.53. The van der Waals surface area contributed by atoms with Gasteiger partial charge in [0.25, 0.3) is 0 Å². The topological polar surface area (TPSA) is 96.5 Å². The molecule has 0 bridgehead atoms. The fraction of sp³-hybridized carbons (Fsp3) is 0.357. The molecule has 1 fully saturated rings. The Labute approximate surface area is 126 Å². The van der Waals surface area contributed by atoms with Crippen LogP contribution >= 0.6 is 11.8 Å². The minimum Gasteiger partial charge on any atom is -0.477 e. The number of aliphatic carboxylic acids is 1. The van der Waals surface area contributed by atoms with E-state index in [-0.39, 0.29) is 23.6 Å². The van der Waals surface area contributed by atoms with E-state index in [0.717, 1.165) is 6.42 Å². The number of hydrogen-bond acceptors (Lipinski definition) is 5. The number of hydrogen-bond donors (Lipinski definition) is 2. The van der Waals surface area contributed by atoms with Crippen molar-refractivity contribution in [2.45, 2.75) is 30.8 Å². The van der Waals surface area contributed by atoms with E-state index in [2.05, 4.69) is 4.98 Å². The smallest absolute Gasteiger partial charge is 0.353 e. The summed E-state index contributed by atoms with van der Waals surface area (Å²) in [5, 5.41) is 10.1. The number of fused-ring (bicyclic) bond motifs is 1. The molecule has 7 heteroatoms. The molecule has 110 valence electrons. The lowest BCUT2D eigenvalue weighted by Crippen LogP contribution is -2.58. The Morgan fingerprint density at radius 1 is 1.57 bits per heavy atom. The average Bonchev–Trinajstić information content (AvgIpc) is 2.77. The van der Waals surface area contributed by atoms with Gasteiger partial charge in [0.1, 0.15) is 10.7 Å². The Bertz CT molecular complexity index is 641. The van der Waals surface area contributed by atoms with Gasteiger partial charge in [-0.3, -0.25) is 4.79 Å². The van der Waals surface area contributed by atoms with Crippen molar-refractivity contribution in [1.29, 1.82) is 0 Å². The van der Waals surface area contributed by atoms with Crippen molar-refractivity contribution >= 4 is 29.3 Å². The Morgan fingerprint density at radius 2 is 2.33 bits per heavy atom. The van der Waals surface area contributed by atoms with E-state index >= 15 is 0 Å². The number of nitrogens with zero attached hydrogens (tertiary/aromatic N) is 2. The van der Waals surface area contributed by atoms with E-state index in [0.29, 0.717) is 22.0 Å². The first-order chi connectivity index (χ1) is 10.0. The maximum absolute atomic E-state index is 12.0. The van der Waals surface area contributed by atoms with Crippen LogP contribution in [-0.2, 0) is 9.59 Å². The van der Waals surface area contributed by atoms with Gasteiger partial charge in [0.2, 0.25) is 5.91 Å². The molecule has 0 radical (unpaired) electrons. The van der Waals surface area contributed by atoms with E-state index in [4.69, 9.17) is 5.73 Å². The van der Waals surface area contributed by atoms with Crippen LogP contribution in [0.25, 0.3) is 0 Å². The van der Waals surface area contributed by atoms with Gasteiger partial charge in [-0.25, -0.2) is 9.78 Å². The molecule has 2 aliphatic heterocycles. The van der Waals surface area contributed by atoms with Gasteiger partial charge in [-0.1, -0.05) is 18.7 Å². The number of carboxylic acids is 1. The van der Waals surface area contributed by atoms with Crippen molar-refractivity contribution in [3.05, 3.63) is 28.9 Å². The van der Waals surface area contributed by atoms with Gasteiger partial charge in [0.05, 0.1) is 23.8 Å². The number of carbonyl (C=O) groups excluding carboxylic acids is 1. The lowest BCUT2D eigenvalue weighted by molar-refractivity contribution is -0.155. The normalized spacial score (nSPS) is 24.0. The summed E-state index contributed by atoms with van der Waals surface area (Å²) < 4.78 is 0. The first-order valence-electron chi connectivity index (χ1n) is 6.71. The highest BCUT2D eigenvalue weighted by atomic mass is 32.2. The predicted molar refractivity (Wildman–Crippen MR) is 78.2 cm³/mol. The minimum absolute atomic E-state index is 0.00937. The Hall–Kier alpha value is -2.02. The highest BCUT2D eigenvalue weighted by Crippen LogP contribution is 2.48. The van der Waals surface area contributed by atoms with Crippen molar-refractivity contribution in [3.8, 4) is 0 Å². The maximum atomic E-state index is 12.0. The molecule has 1 aromatic rings. The number of nitrogens with two attached hydrogens (primary N) is 1. The van der Waals surface area contributed by atoms with Crippen LogP contribution in [0.5, 0.6) is 0 Å². The summed E-state index contributed by atoms with van der Waals surface area (Å²) in [6.07, 6.45) is 2.86. The SMILES string of the molecule is CC[C@H]1C(=O)N2C(C(=O)O)=C(Sc3ccc(N)cn3)C[C@H]12. The minimum atomic E-state index is -1.06. The number of amides is 1. The van der Waals surface area contributed by atoms with Crippen molar-refractivity contribution < 1.29 is 14.7 Å². The second-order valence-electron chi connectivity index (χ2n) is 5.10. The van der Waals surface area contributed by atoms with Crippen LogP contribution in [0, 0.1) is 5.92 Å². The molecule has 21 heavy (non-hydrogen) atoms. The molecule has 1 amide bonds. The van der Waals surface area contributed by atoms with Crippen LogP contribution in [0.2, 0.25) is 0 Å². The molecule has 0 unspecified atom stereocenters. The van der Waals surface area contributed by atoms with Gasteiger partial charge in [0, 0.05) is 11.3 Å². The molecule has 2 atom stereocenters. The number of aromatic nitrogens is 1. The fourth-order valence-corrected chi connectivity index (χ4v) is 3.90. The van der Waals surface area contributed by atoms with E-state index in [1.807, 2.05) is 6.92 Å². The third-order valence-corrected chi connectivity index (χ3v) is 4.94. The Kier molecular flexibility index (Phi) is 3.36. The summed E-state index contributed by atoms with van der Waals surface area (Å²) in [6.45, 7) is 1.95. The second-order valence-corrected chi connectivity index (χ2v) is 6.22. The second kappa shape index (κ2) is 5.07. The fourth-order valence-electron chi connectivity index (χ4n) is 2.87. The number of anilines is 1. The van der Waals surface area contributed by atoms with Crippen LogP contribution in [0.1, 0.15) is 19.8 Å². The monoisotopic (exact) mass is 305 g/mol. The number of rotatable bonds is 4. The van der Waals surface area contributed by atoms with Crippen molar-refractivity contribution in [3.63, 3.8) is 0 Å². The Morgan fingerprint density at radius 3 is 2.90 bits per heavy atom. The molecule has 0 spiro atoms. The van der Waals surface area contributed by atoms with Gasteiger partial charge in [-0.15, -0.1) is 0 Å². The number of carbonyl (C=O) groups is 2. The lowest BCUT2D eigenvalue weighted by Gasteiger charge is -2.42. The summed E-state index contributed by atoms with van der Waals surface area (Å²) in [5.74, 6) is -1.20. The summed E-state index contributed by atoms with van der Waals surface area (Å²) in [5.41, 5.74) is 6.26. The molecule has 3 heterocycles. The largest absolute Gasteiger partial charge is 0.477 e. The van der Waals surface area contributed by atoms with Gasteiger partial charge in [0.15, 0.2) is 0 Å². The third-order valence-electron chi connectivity index (χ3n) is 3.88. The summed E-state index contributed by atoms with van der Waals surface area (Å²) in [6, 6.07) is 3.46. The Balaban J connectivity index is 1.88. The number of thioether (sulfide) groups is 1. The highest BCUT2D eigenvalue weighted by Gasteiger charge is 2.54. The molecule has 1 aromatic heterocycles. The number of nitrogen functional groups attached to an aromatic ring is 1. The van der Waals surface area contributed by atoms with E-state index in [1.54, 1.807) is 12.1 Å². The van der Waals surface area contributed by atoms with Gasteiger partial charge < -0.3 is 15.7 Å². The molecule has 1 saturated heterocycles. The zero-order valence-corrected chi connectivity index (χ0v) is 12.3. The average molecular weight is 305 g/mol. The van der Waals surface area contributed by atoms with Gasteiger partial charge in [-0.2, -0.15) is 0 Å². The summed E-state index contributed by atoms with van der Waals surface area (Å²) in [7, 11) is 0. The molecule has 3 rings (SSSR count). The maximum Gasteiger partial charge on any atom is 0.353 e. The van der Waals surface area contributed by atoms with E-state index in [1.165, 1.54) is 22.9 Å². The van der Waals surface area contributed by atoms with Crippen molar-refractivity contribution in [2.24, 2.45) is 5.92 Å². The molecule has 2 aliphatic rings. The highest BCUT2D eigenvalue weighted by molar-refractivity contribution is 8.03.